The van der Waals surface area contributed by atoms with Gasteiger partial charge in [0.2, 0.25) is 5.91 Å². The van der Waals surface area contributed by atoms with Gasteiger partial charge in [-0.1, -0.05) is 48.5 Å². The summed E-state index contributed by atoms with van der Waals surface area (Å²) < 4.78 is 8.33. The first-order chi connectivity index (χ1) is 14.6. The van der Waals surface area contributed by atoms with Gasteiger partial charge in [-0.05, 0) is 11.6 Å². The number of aryl methyl sites for hydroxylation is 1. The van der Waals surface area contributed by atoms with Crippen LogP contribution in [-0.2, 0) is 16.6 Å². The second-order valence-corrected chi connectivity index (χ2v) is 8.49. The van der Waals surface area contributed by atoms with Gasteiger partial charge in [-0.2, -0.15) is 0 Å². The molecule has 6 heteroatoms. The summed E-state index contributed by atoms with van der Waals surface area (Å²) in [5.41, 5.74) is 2.11. The van der Waals surface area contributed by atoms with E-state index in [1.54, 1.807) is 0 Å². The van der Waals surface area contributed by atoms with Crippen LogP contribution in [0.25, 0.3) is 10.9 Å². The van der Waals surface area contributed by atoms with E-state index in [0.717, 1.165) is 16.5 Å². The Labute approximate surface area is 174 Å². The van der Waals surface area contributed by atoms with Gasteiger partial charge in [0.15, 0.2) is 5.72 Å². The molecule has 0 unspecified atom stereocenters. The standard InChI is InChI=1S/C24H23N3O3/c1-25-14-18(17-9-5-6-10-19(17)25)23(29)26-12-11-24-21(26)13-22(28)27(24)20(15-30-24)16-7-3-2-4-8-16/h2-10,14,20-21H,11-13,15H2,1H3/t20-,21+,24-/m0/s1. The van der Waals surface area contributed by atoms with Gasteiger partial charge in [0, 0.05) is 37.1 Å². The molecule has 3 aliphatic heterocycles. The Morgan fingerprint density at radius 2 is 1.87 bits per heavy atom. The summed E-state index contributed by atoms with van der Waals surface area (Å²) >= 11 is 0. The Bertz CT molecular complexity index is 1170. The van der Waals surface area contributed by atoms with Crippen molar-refractivity contribution in [2.75, 3.05) is 13.2 Å². The van der Waals surface area contributed by atoms with Gasteiger partial charge < -0.3 is 19.1 Å². The average molecular weight is 401 g/mol. The second-order valence-electron chi connectivity index (χ2n) is 8.49. The van der Waals surface area contributed by atoms with E-state index in [-0.39, 0.29) is 23.9 Å². The van der Waals surface area contributed by atoms with Crippen molar-refractivity contribution in [1.29, 1.82) is 0 Å². The molecule has 1 spiro atoms. The predicted molar refractivity (Wildman–Crippen MR) is 112 cm³/mol. The van der Waals surface area contributed by atoms with Crippen molar-refractivity contribution < 1.29 is 14.3 Å². The van der Waals surface area contributed by atoms with Crippen molar-refractivity contribution in [1.82, 2.24) is 14.4 Å². The number of rotatable bonds is 2. The Balaban J connectivity index is 1.36. The number of hydrogen-bond acceptors (Lipinski definition) is 3. The molecule has 2 amide bonds. The van der Waals surface area contributed by atoms with Crippen LogP contribution in [-0.4, -0.2) is 51.1 Å². The maximum absolute atomic E-state index is 13.6. The number of aromatic nitrogens is 1. The summed E-state index contributed by atoms with van der Waals surface area (Å²) in [6, 6.07) is 17.6. The topological polar surface area (TPSA) is 54.8 Å². The number of likely N-dealkylation sites (tertiary alicyclic amines) is 1. The normalized spacial score (nSPS) is 27.7. The number of nitrogens with zero attached hydrogens (tertiary/aromatic N) is 3. The molecule has 3 atom stereocenters. The molecule has 3 fully saturated rings. The number of benzene rings is 2. The highest BCUT2D eigenvalue weighted by Crippen LogP contribution is 2.51. The first kappa shape index (κ1) is 17.7. The van der Waals surface area contributed by atoms with Gasteiger partial charge in [-0.15, -0.1) is 0 Å². The predicted octanol–water partition coefficient (Wildman–Crippen LogP) is 3.09. The summed E-state index contributed by atoms with van der Waals surface area (Å²) in [7, 11) is 1.95. The fraction of sp³-hybridized carbons (Fsp3) is 0.333. The van der Waals surface area contributed by atoms with E-state index in [1.165, 1.54) is 0 Å². The fourth-order valence-electron chi connectivity index (χ4n) is 5.68. The van der Waals surface area contributed by atoms with Crippen molar-refractivity contribution in [3.8, 4) is 0 Å². The van der Waals surface area contributed by atoms with Crippen LogP contribution in [0.5, 0.6) is 0 Å². The van der Waals surface area contributed by atoms with Crippen molar-refractivity contribution in [3.63, 3.8) is 0 Å². The van der Waals surface area contributed by atoms with Crippen LogP contribution in [0.1, 0.15) is 34.8 Å². The van der Waals surface area contributed by atoms with Gasteiger partial charge >= 0.3 is 0 Å². The molecule has 6 nitrogen and oxygen atoms in total. The van der Waals surface area contributed by atoms with Crippen LogP contribution in [0, 0.1) is 0 Å². The van der Waals surface area contributed by atoms with Gasteiger partial charge in [0.1, 0.15) is 0 Å². The van der Waals surface area contributed by atoms with E-state index in [1.807, 2.05) is 82.2 Å². The minimum atomic E-state index is -0.697. The summed E-state index contributed by atoms with van der Waals surface area (Å²) in [6.07, 6.45) is 2.87. The average Bonchev–Trinajstić information content (AvgIpc) is 3.48. The molecular weight excluding hydrogens is 378 g/mol. The van der Waals surface area contributed by atoms with E-state index >= 15 is 0 Å². The SMILES string of the molecule is Cn1cc(C(=O)N2CC[C@@]34OC[C@@H](c5ccccc5)N3C(=O)C[C@@H]24)c2ccccc21. The molecule has 1 aromatic heterocycles. The number of carbonyl (C=O) groups is 2. The number of carbonyl (C=O) groups excluding carboxylic acids is 2. The molecule has 3 aliphatic rings. The maximum atomic E-state index is 13.6. The van der Waals surface area contributed by atoms with Gasteiger partial charge in [0.05, 0.1) is 30.7 Å². The molecule has 6 rings (SSSR count). The zero-order valence-electron chi connectivity index (χ0n) is 16.8. The lowest BCUT2D eigenvalue weighted by Gasteiger charge is -2.33. The Kier molecular flexibility index (Phi) is 3.65. The monoisotopic (exact) mass is 401 g/mol. The minimum Gasteiger partial charge on any atom is -0.351 e. The van der Waals surface area contributed by atoms with Crippen LogP contribution in [0.2, 0.25) is 0 Å². The number of fused-ring (bicyclic) bond motifs is 1. The Hall–Kier alpha value is -3.12. The van der Waals surface area contributed by atoms with E-state index in [2.05, 4.69) is 0 Å². The first-order valence-electron chi connectivity index (χ1n) is 10.5. The summed E-state index contributed by atoms with van der Waals surface area (Å²) in [5, 5.41) is 0.946. The molecule has 3 aromatic rings. The fourth-order valence-corrected chi connectivity index (χ4v) is 5.68. The zero-order chi connectivity index (χ0) is 20.5. The third-order valence-electron chi connectivity index (χ3n) is 7.03. The molecule has 0 saturated carbocycles. The highest BCUT2D eigenvalue weighted by atomic mass is 16.5. The van der Waals surface area contributed by atoms with Crippen molar-refractivity contribution in [2.24, 2.45) is 7.05 Å². The largest absolute Gasteiger partial charge is 0.351 e. The lowest BCUT2D eigenvalue weighted by Crippen LogP contribution is -2.49. The summed E-state index contributed by atoms with van der Waals surface area (Å²) in [6.45, 7) is 1.07. The van der Waals surface area contributed by atoms with Crippen LogP contribution in [0.15, 0.2) is 60.8 Å². The lowest BCUT2D eigenvalue weighted by atomic mass is 10.0. The summed E-state index contributed by atoms with van der Waals surface area (Å²) in [5.74, 6) is 0.0526. The Morgan fingerprint density at radius 1 is 1.10 bits per heavy atom. The van der Waals surface area contributed by atoms with Gasteiger partial charge in [-0.3, -0.25) is 9.59 Å². The molecule has 0 N–H and O–H groups in total. The van der Waals surface area contributed by atoms with Crippen LogP contribution in [0.3, 0.4) is 0 Å². The van der Waals surface area contributed by atoms with E-state index in [4.69, 9.17) is 4.74 Å². The smallest absolute Gasteiger partial charge is 0.256 e. The zero-order valence-corrected chi connectivity index (χ0v) is 16.8. The number of para-hydroxylation sites is 1. The molecule has 2 aromatic carbocycles. The van der Waals surface area contributed by atoms with E-state index < -0.39 is 5.72 Å². The van der Waals surface area contributed by atoms with E-state index in [9.17, 15) is 9.59 Å². The molecular formula is C24H23N3O3. The molecule has 152 valence electrons. The maximum Gasteiger partial charge on any atom is 0.256 e. The molecule has 0 aliphatic carbocycles. The third kappa shape index (κ3) is 2.22. The number of ether oxygens (including phenoxy) is 1. The van der Waals surface area contributed by atoms with Crippen LogP contribution >= 0.6 is 0 Å². The molecule has 0 bridgehead atoms. The molecule has 4 heterocycles. The molecule has 3 saturated heterocycles. The van der Waals surface area contributed by atoms with Crippen LogP contribution < -0.4 is 0 Å². The highest BCUT2D eigenvalue weighted by Gasteiger charge is 2.65. The summed E-state index contributed by atoms with van der Waals surface area (Å²) in [4.78, 5) is 30.4. The highest BCUT2D eigenvalue weighted by molar-refractivity contribution is 6.07. The third-order valence-corrected chi connectivity index (χ3v) is 7.03. The van der Waals surface area contributed by atoms with Gasteiger partial charge in [-0.25, -0.2) is 0 Å². The molecule has 0 radical (unpaired) electrons. The van der Waals surface area contributed by atoms with Gasteiger partial charge in [0.25, 0.3) is 5.91 Å². The van der Waals surface area contributed by atoms with E-state index in [0.29, 0.717) is 31.6 Å². The van der Waals surface area contributed by atoms with Crippen LogP contribution in [0.4, 0.5) is 0 Å². The Morgan fingerprint density at radius 3 is 2.70 bits per heavy atom. The number of hydrogen-bond donors (Lipinski definition) is 0. The second kappa shape index (κ2) is 6.19. The van der Waals surface area contributed by atoms with Crippen molar-refractivity contribution in [2.45, 2.75) is 30.7 Å². The first-order valence-corrected chi connectivity index (χ1v) is 10.5. The molecule has 30 heavy (non-hydrogen) atoms. The number of amides is 2. The quantitative estimate of drug-likeness (QED) is 0.663. The lowest BCUT2D eigenvalue weighted by molar-refractivity contribution is -0.138. The van der Waals surface area contributed by atoms with Crippen molar-refractivity contribution in [3.05, 3.63) is 71.9 Å². The van der Waals surface area contributed by atoms with Crippen molar-refractivity contribution >= 4 is 22.7 Å². The minimum absolute atomic E-state index is 0.0184.